The summed E-state index contributed by atoms with van der Waals surface area (Å²) in [4.78, 5) is 27.7. The van der Waals surface area contributed by atoms with Crippen LogP contribution >= 0.6 is 0 Å². The van der Waals surface area contributed by atoms with Gasteiger partial charge in [0.25, 0.3) is 0 Å². The Morgan fingerprint density at radius 1 is 0.710 bits per heavy atom. The first kappa shape index (κ1) is 27.3. The van der Waals surface area contributed by atoms with Gasteiger partial charge in [-0.25, -0.2) is 9.97 Å². The molecule has 0 atom stereocenters. The number of benzene rings is 2. The zero-order chi connectivity index (χ0) is 22.2. The maximum atomic E-state index is 10.1. The number of nitrogens with zero attached hydrogens (tertiary/aromatic N) is 4. The molecule has 4 aromatic rings. The molecule has 31 heavy (non-hydrogen) atoms. The predicted molar refractivity (Wildman–Crippen MR) is 113 cm³/mol. The SMILES string of the molecule is Cn1ccnc1.Cn1ccnc1.O=Cc1ccccc1O.O=Cc1ccccc1O.[Co+2]. The molecule has 2 aromatic heterocycles. The zero-order valence-electron chi connectivity index (χ0n) is 17.1. The molecule has 0 bridgehead atoms. The molecule has 163 valence electrons. The average Bonchev–Trinajstić information content (AvgIpc) is 3.43. The number of imidazole rings is 2. The summed E-state index contributed by atoms with van der Waals surface area (Å²) in [5, 5.41) is 17.8. The molecule has 4 rings (SSSR count). The second-order valence-electron chi connectivity index (χ2n) is 5.81. The quantitative estimate of drug-likeness (QED) is 0.438. The maximum absolute atomic E-state index is 10.1. The third-order valence-corrected chi connectivity index (χ3v) is 3.40. The van der Waals surface area contributed by atoms with E-state index in [1.165, 1.54) is 12.1 Å². The maximum Gasteiger partial charge on any atom is 2.00 e. The number of rotatable bonds is 2. The summed E-state index contributed by atoms with van der Waals surface area (Å²) in [6, 6.07) is 12.8. The minimum atomic E-state index is 0. The second kappa shape index (κ2) is 16.1. The number of phenols is 2. The number of hydrogen-bond acceptors (Lipinski definition) is 6. The molecule has 8 nitrogen and oxygen atoms in total. The first-order valence-corrected chi connectivity index (χ1v) is 8.78. The van der Waals surface area contributed by atoms with Crippen molar-refractivity contribution in [2.75, 3.05) is 0 Å². The number of aldehydes is 2. The van der Waals surface area contributed by atoms with Gasteiger partial charge in [0.05, 0.1) is 23.8 Å². The molecule has 0 aliphatic carbocycles. The van der Waals surface area contributed by atoms with Crippen molar-refractivity contribution in [1.29, 1.82) is 0 Å². The van der Waals surface area contributed by atoms with Crippen molar-refractivity contribution in [1.82, 2.24) is 19.1 Å². The Labute approximate surface area is 191 Å². The smallest absolute Gasteiger partial charge is 0.507 e. The van der Waals surface area contributed by atoms with Crippen LogP contribution in [0.2, 0.25) is 0 Å². The van der Waals surface area contributed by atoms with Crippen LogP contribution in [0.4, 0.5) is 0 Å². The molecule has 9 heteroatoms. The van der Waals surface area contributed by atoms with E-state index < -0.39 is 0 Å². The molecule has 0 amide bonds. The Bertz CT molecular complexity index is 909. The van der Waals surface area contributed by atoms with Crippen LogP contribution in [0.5, 0.6) is 11.5 Å². The molecule has 0 saturated heterocycles. The van der Waals surface area contributed by atoms with Crippen LogP contribution in [0.3, 0.4) is 0 Å². The van der Waals surface area contributed by atoms with E-state index in [1.54, 1.807) is 61.4 Å². The van der Waals surface area contributed by atoms with Crippen LogP contribution < -0.4 is 0 Å². The summed E-state index contributed by atoms with van der Waals surface area (Å²) in [6.45, 7) is 0. The normalized spacial score (nSPS) is 8.58. The summed E-state index contributed by atoms with van der Waals surface area (Å²) in [5.74, 6) is 0.0694. The average molecular weight is 467 g/mol. The fraction of sp³-hybridized carbons (Fsp3) is 0.0909. The fourth-order valence-electron chi connectivity index (χ4n) is 1.83. The van der Waals surface area contributed by atoms with Crippen LogP contribution in [0.25, 0.3) is 0 Å². The molecular formula is C22H24CoN4O4+2. The summed E-state index contributed by atoms with van der Waals surface area (Å²) in [7, 11) is 3.88. The van der Waals surface area contributed by atoms with Crippen molar-refractivity contribution in [3.63, 3.8) is 0 Å². The van der Waals surface area contributed by atoms with E-state index in [9.17, 15) is 9.59 Å². The molecule has 2 N–H and O–H groups in total. The number of para-hydroxylation sites is 2. The standard InChI is InChI=1S/2C7H6O2.2C4H6N2.Co/c2*8-5-6-3-1-2-4-7(6)9;2*1-6-3-2-5-4-6;/h2*1-5,9H;2*2-4H,1H3;/q;;;;+2. The van der Waals surface area contributed by atoms with Gasteiger partial charge in [-0.2, -0.15) is 0 Å². The van der Waals surface area contributed by atoms with Crippen molar-refractivity contribution >= 4 is 12.6 Å². The van der Waals surface area contributed by atoms with E-state index in [-0.39, 0.29) is 28.3 Å². The molecular weight excluding hydrogens is 443 g/mol. The molecule has 2 aromatic carbocycles. The van der Waals surface area contributed by atoms with Gasteiger partial charge in [-0.3, -0.25) is 9.59 Å². The molecule has 0 aliphatic rings. The minimum Gasteiger partial charge on any atom is -0.507 e. The Hall–Kier alpha value is -3.69. The van der Waals surface area contributed by atoms with Gasteiger partial charge in [-0.1, -0.05) is 24.3 Å². The Morgan fingerprint density at radius 3 is 1.23 bits per heavy atom. The molecule has 0 aliphatic heterocycles. The van der Waals surface area contributed by atoms with Gasteiger partial charge in [-0.15, -0.1) is 0 Å². The number of carbonyl (C=O) groups excluding carboxylic acids is 2. The molecule has 1 radical (unpaired) electrons. The minimum absolute atomic E-state index is 0. The summed E-state index contributed by atoms with van der Waals surface area (Å²) in [5.41, 5.74) is 0.662. The van der Waals surface area contributed by atoms with Crippen LogP contribution in [0.15, 0.2) is 86.0 Å². The summed E-state index contributed by atoms with van der Waals surface area (Å²) < 4.78 is 3.78. The molecule has 0 spiro atoms. The van der Waals surface area contributed by atoms with Gasteiger partial charge in [0.2, 0.25) is 0 Å². The number of aromatic nitrogens is 4. The topological polar surface area (TPSA) is 110 Å². The van der Waals surface area contributed by atoms with E-state index in [1.807, 2.05) is 35.6 Å². The van der Waals surface area contributed by atoms with Crippen molar-refractivity contribution in [3.05, 3.63) is 97.1 Å². The van der Waals surface area contributed by atoms with Crippen LogP contribution in [0, 0.1) is 0 Å². The number of carbonyl (C=O) groups is 2. The third kappa shape index (κ3) is 11.8. The van der Waals surface area contributed by atoms with Crippen LogP contribution in [-0.2, 0) is 30.9 Å². The van der Waals surface area contributed by atoms with Gasteiger partial charge in [0.15, 0.2) is 12.6 Å². The van der Waals surface area contributed by atoms with Crippen molar-refractivity contribution in [3.8, 4) is 11.5 Å². The Kier molecular flexibility index (Phi) is 14.2. The predicted octanol–water partition coefficient (Wildman–Crippen LogP) is 3.25. The van der Waals surface area contributed by atoms with Crippen molar-refractivity contribution in [2.24, 2.45) is 14.1 Å². The first-order chi connectivity index (χ1) is 14.5. The van der Waals surface area contributed by atoms with Crippen molar-refractivity contribution in [2.45, 2.75) is 0 Å². The van der Waals surface area contributed by atoms with Crippen LogP contribution in [-0.4, -0.2) is 41.9 Å². The fourth-order valence-corrected chi connectivity index (χ4v) is 1.83. The Morgan fingerprint density at radius 2 is 1.06 bits per heavy atom. The molecule has 0 fully saturated rings. The number of phenolic OH excluding ortho intramolecular Hbond substituents is 2. The monoisotopic (exact) mass is 467 g/mol. The molecule has 2 heterocycles. The van der Waals surface area contributed by atoms with Gasteiger partial charge < -0.3 is 19.3 Å². The Balaban J connectivity index is 0.000000389. The van der Waals surface area contributed by atoms with E-state index in [0.29, 0.717) is 23.7 Å². The van der Waals surface area contributed by atoms with E-state index in [0.717, 1.165) is 0 Å². The van der Waals surface area contributed by atoms with E-state index in [4.69, 9.17) is 10.2 Å². The largest absolute Gasteiger partial charge is 2.00 e. The van der Waals surface area contributed by atoms with Gasteiger partial charge in [-0.05, 0) is 24.3 Å². The number of aromatic hydroxyl groups is 2. The van der Waals surface area contributed by atoms with E-state index in [2.05, 4.69) is 9.97 Å². The van der Waals surface area contributed by atoms with E-state index >= 15 is 0 Å². The van der Waals surface area contributed by atoms with Crippen molar-refractivity contribution < 1.29 is 36.6 Å². The van der Waals surface area contributed by atoms with Gasteiger partial charge in [0.1, 0.15) is 11.5 Å². The number of hydrogen-bond donors (Lipinski definition) is 2. The summed E-state index contributed by atoms with van der Waals surface area (Å²) >= 11 is 0. The molecule has 0 saturated carbocycles. The molecule has 0 unspecified atom stereocenters. The van der Waals surface area contributed by atoms with Gasteiger partial charge in [0, 0.05) is 38.9 Å². The third-order valence-electron chi connectivity index (χ3n) is 3.40. The zero-order valence-corrected chi connectivity index (χ0v) is 18.1. The first-order valence-electron chi connectivity index (χ1n) is 8.78. The summed E-state index contributed by atoms with van der Waals surface area (Å²) in [6.07, 6.45) is 12.0. The second-order valence-corrected chi connectivity index (χ2v) is 5.81. The van der Waals surface area contributed by atoms with Gasteiger partial charge >= 0.3 is 16.8 Å². The van der Waals surface area contributed by atoms with Crippen LogP contribution in [0.1, 0.15) is 20.7 Å². The number of aryl methyl sites for hydroxylation is 2.